The van der Waals surface area contributed by atoms with Crippen LogP contribution in [0.5, 0.6) is 0 Å². The minimum Gasteiger partial charge on any atom is -0.335 e. The summed E-state index contributed by atoms with van der Waals surface area (Å²) in [4.78, 5) is 14.5. The van der Waals surface area contributed by atoms with Crippen LogP contribution in [-0.2, 0) is 0 Å². The van der Waals surface area contributed by atoms with Gasteiger partial charge in [-0.2, -0.15) is 0 Å². The second kappa shape index (κ2) is 7.14. The van der Waals surface area contributed by atoms with Crippen molar-refractivity contribution in [2.24, 2.45) is 0 Å². The summed E-state index contributed by atoms with van der Waals surface area (Å²) < 4.78 is 0. The van der Waals surface area contributed by atoms with Gasteiger partial charge in [-0.3, -0.25) is 4.90 Å². The van der Waals surface area contributed by atoms with Crippen molar-refractivity contribution in [2.75, 3.05) is 13.1 Å². The predicted molar refractivity (Wildman–Crippen MR) is 88.8 cm³/mol. The quantitative estimate of drug-likeness (QED) is 0.897. The molecule has 1 aromatic carbocycles. The fourth-order valence-corrected chi connectivity index (χ4v) is 3.68. The molecule has 0 aromatic heterocycles. The van der Waals surface area contributed by atoms with Crippen LogP contribution in [0.2, 0.25) is 0 Å². The molecular formula is C18H27N3O. The van der Waals surface area contributed by atoms with Gasteiger partial charge in [-0.25, -0.2) is 4.79 Å². The topological polar surface area (TPSA) is 44.4 Å². The number of amides is 2. The molecule has 0 bridgehead atoms. The molecule has 3 rings (SSSR count). The number of carbonyl (C=O) groups is 1. The zero-order valence-electron chi connectivity index (χ0n) is 13.4. The van der Waals surface area contributed by atoms with Crippen molar-refractivity contribution in [1.29, 1.82) is 0 Å². The first-order valence-electron chi connectivity index (χ1n) is 8.58. The fourth-order valence-electron chi connectivity index (χ4n) is 3.68. The first kappa shape index (κ1) is 15.3. The third-order valence-corrected chi connectivity index (χ3v) is 5.07. The van der Waals surface area contributed by atoms with E-state index in [9.17, 15) is 4.79 Å². The van der Waals surface area contributed by atoms with Gasteiger partial charge in [-0.05, 0) is 31.7 Å². The van der Waals surface area contributed by atoms with Gasteiger partial charge in [0, 0.05) is 31.2 Å². The second-order valence-corrected chi connectivity index (χ2v) is 6.67. The molecule has 1 aliphatic carbocycles. The standard InChI is InChI=1S/C18H27N3O/c1-14(15-7-3-2-4-8-15)21-12-11-17(13-21)20-18(22)19-16-9-5-6-10-16/h2-4,7-8,14,16-17H,5-6,9-13H2,1H3,(H2,19,20,22)/t14-,17-/m1/s1. The molecule has 2 amide bonds. The third kappa shape index (κ3) is 3.80. The lowest BCUT2D eigenvalue weighted by Crippen LogP contribution is -2.46. The average Bonchev–Trinajstić information content (AvgIpc) is 3.19. The van der Waals surface area contributed by atoms with Crippen molar-refractivity contribution in [3.63, 3.8) is 0 Å². The molecule has 2 aliphatic rings. The third-order valence-electron chi connectivity index (χ3n) is 5.07. The number of rotatable bonds is 4. The van der Waals surface area contributed by atoms with E-state index >= 15 is 0 Å². The number of urea groups is 1. The van der Waals surface area contributed by atoms with Gasteiger partial charge in [0.2, 0.25) is 0 Å². The van der Waals surface area contributed by atoms with Crippen LogP contribution in [0.1, 0.15) is 50.6 Å². The van der Waals surface area contributed by atoms with Crippen LogP contribution in [0.4, 0.5) is 4.79 Å². The second-order valence-electron chi connectivity index (χ2n) is 6.67. The fraction of sp³-hybridized carbons (Fsp3) is 0.611. The maximum absolute atomic E-state index is 12.1. The minimum atomic E-state index is 0.0196. The van der Waals surface area contributed by atoms with E-state index in [1.165, 1.54) is 18.4 Å². The molecule has 4 nitrogen and oxygen atoms in total. The maximum atomic E-state index is 12.1. The van der Waals surface area contributed by atoms with Gasteiger partial charge < -0.3 is 10.6 Å². The zero-order valence-corrected chi connectivity index (χ0v) is 13.4. The highest BCUT2D eigenvalue weighted by Gasteiger charge is 2.28. The van der Waals surface area contributed by atoms with Gasteiger partial charge in [0.05, 0.1) is 0 Å². The van der Waals surface area contributed by atoms with E-state index in [0.29, 0.717) is 12.1 Å². The molecule has 0 unspecified atom stereocenters. The number of benzene rings is 1. The summed E-state index contributed by atoms with van der Waals surface area (Å²) in [5, 5.41) is 6.26. The SMILES string of the molecule is C[C@H](c1ccccc1)N1CC[C@@H](NC(=O)NC2CCCC2)C1. The summed E-state index contributed by atoms with van der Waals surface area (Å²) in [6.45, 7) is 4.23. The molecular weight excluding hydrogens is 274 g/mol. The molecule has 2 N–H and O–H groups in total. The summed E-state index contributed by atoms with van der Waals surface area (Å²) in [6, 6.07) is 11.7. The van der Waals surface area contributed by atoms with Gasteiger partial charge in [0.1, 0.15) is 0 Å². The van der Waals surface area contributed by atoms with Gasteiger partial charge >= 0.3 is 6.03 Å². The Hall–Kier alpha value is -1.55. The molecule has 1 aromatic rings. The maximum Gasteiger partial charge on any atom is 0.315 e. The Labute approximate surface area is 133 Å². The molecule has 1 saturated heterocycles. The summed E-state index contributed by atoms with van der Waals surface area (Å²) in [6.07, 6.45) is 5.80. The molecule has 120 valence electrons. The minimum absolute atomic E-state index is 0.0196. The number of nitrogens with one attached hydrogen (secondary N) is 2. The molecule has 4 heteroatoms. The molecule has 0 spiro atoms. The van der Waals surface area contributed by atoms with E-state index < -0.39 is 0 Å². The lowest BCUT2D eigenvalue weighted by molar-refractivity contribution is 0.228. The van der Waals surface area contributed by atoms with Crippen molar-refractivity contribution in [3.05, 3.63) is 35.9 Å². The lowest BCUT2D eigenvalue weighted by Gasteiger charge is -2.25. The highest BCUT2D eigenvalue weighted by Crippen LogP contribution is 2.24. The van der Waals surface area contributed by atoms with E-state index in [-0.39, 0.29) is 12.1 Å². The van der Waals surface area contributed by atoms with Crippen LogP contribution in [0.25, 0.3) is 0 Å². The Kier molecular flexibility index (Phi) is 4.98. The molecule has 1 saturated carbocycles. The largest absolute Gasteiger partial charge is 0.335 e. The Balaban J connectivity index is 1.46. The van der Waals surface area contributed by atoms with Gasteiger partial charge in [0.25, 0.3) is 0 Å². The Morgan fingerprint density at radius 2 is 1.77 bits per heavy atom. The molecule has 0 radical (unpaired) electrons. The number of hydrogen-bond donors (Lipinski definition) is 2. The van der Waals surface area contributed by atoms with Crippen LogP contribution in [0.15, 0.2) is 30.3 Å². The van der Waals surface area contributed by atoms with Gasteiger partial charge in [-0.15, -0.1) is 0 Å². The Morgan fingerprint density at radius 3 is 2.50 bits per heavy atom. The van der Waals surface area contributed by atoms with Gasteiger partial charge in [0.15, 0.2) is 0 Å². The van der Waals surface area contributed by atoms with E-state index in [1.54, 1.807) is 0 Å². The first-order valence-corrected chi connectivity index (χ1v) is 8.58. The number of hydrogen-bond acceptors (Lipinski definition) is 2. The van der Waals surface area contributed by atoms with Crippen LogP contribution in [-0.4, -0.2) is 36.1 Å². The molecule has 22 heavy (non-hydrogen) atoms. The van der Waals surface area contributed by atoms with Crippen LogP contribution < -0.4 is 10.6 Å². The summed E-state index contributed by atoms with van der Waals surface area (Å²) >= 11 is 0. The van der Waals surface area contributed by atoms with E-state index in [0.717, 1.165) is 32.4 Å². The predicted octanol–water partition coefficient (Wildman–Crippen LogP) is 3.06. The lowest BCUT2D eigenvalue weighted by atomic mass is 10.1. The number of carbonyl (C=O) groups excluding carboxylic acids is 1. The number of nitrogens with zero attached hydrogens (tertiary/aromatic N) is 1. The smallest absolute Gasteiger partial charge is 0.315 e. The van der Waals surface area contributed by atoms with Crippen molar-refractivity contribution in [1.82, 2.24) is 15.5 Å². The highest BCUT2D eigenvalue weighted by atomic mass is 16.2. The van der Waals surface area contributed by atoms with Crippen molar-refractivity contribution >= 4 is 6.03 Å². The highest BCUT2D eigenvalue weighted by molar-refractivity contribution is 5.74. The van der Waals surface area contributed by atoms with Crippen LogP contribution in [0, 0.1) is 0 Å². The van der Waals surface area contributed by atoms with Crippen LogP contribution >= 0.6 is 0 Å². The average molecular weight is 301 g/mol. The van der Waals surface area contributed by atoms with Crippen LogP contribution in [0.3, 0.4) is 0 Å². The van der Waals surface area contributed by atoms with Gasteiger partial charge in [-0.1, -0.05) is 43.2 Å². The van der Waals surface area contributed by atoms with Crippen molar-refractivity contribution in [3.8, 4) is 0 Å². The van der Waals surface area contributed by atoms with E-state index in [2.05, 4.69) is 52.8 Å². The zero-order chi connectivity index (χ0) is 15.4. The normalized spacial score (nSPS) is 24.3. The summed E-state index contributed by atoms with van der Waals surface area (Å²) in [5.74, 6) is 0. The van der Waals surface area contributed by atoms with E-state index in [4.69, 9.17) is 0 Å². The van der Waals surface area contributed by atoms with Crippen molar-refractivity contribution in [2.45, 2.75) is 57.2 Å². The van der Waals surface area contributed by atoms with E-state index in [1.807, 2.05) is 0 Å². The molecule has 2 atom stereocenters. The molecule has 1 aliphatic heterocycles. The Bertz CT molecular complexity index is 484. The van der Waals surface area contributed by atoms with Crippen molar-refractivity contribution < 1.29 is 4.79 Å². The molecule has 1 heterocycles. The summed E-state index contributed by atoms with van der Waals surface area (Å²) in [7, 11) is 0. The Morgan fingerprint density at radius 1 is 1.09 bits per heavy atom. The molecule has 2 fully saturated rings. The summed E-state index contributed by atoms with van der Waals surface area (Å²) in [5.41, 5.74) is 1.35. The monoisotopic (exact) mass is 301 g/mol. The number of likely N-dealkylation sites (tertiary alicyclic amines) is 1. The first-order chi connectivity index (χ1) is 10.7.